The molecule has 0 saturated heterocycles. The maximum atomic E-state index is 13.8. The monoisotopic (exact) mass is 247 g/mol. The average molecular weight is 247 g/mol. The summed E-state index contributed by atoms with van der Waals surface area (Å²) in [6.07, 6.45) is 0.756. The molecule has 18 heavy (non-hydrogen) atoms. The molecule has 0 aliphatic carbocycles. The van der Waals surface area contributed by atoms with Gasteiger partial charge in [0.2, 0.25) is 0 Å². The first-order valence-electron chi connectivity index (χ1n) is 6.06. The Balaban J connectivity index is 2.51. The van der Waals surface area contributed by atoms with E-state index in [9.17, 15) is 4.39 Å². The van der Waals surface area contributed by atoms with E-state index in [1.807, 2.05) is 20.8 Å². The predicted octanol–water partition coefficient (Wildman–Crippen LogP) is 2.52. The minimum atomic E-state index is -0.268. The van der Waals surface area contributed by atoms with Crippen molar-refractivity contribution in [3.63, 3.8) is 0 Å². The zero-order valence-corrected chi connectivity index (χ0v) is 10.9. The molecule has 0 aliphatic heterocycles. The molecule has 2 rings (SSSR count). The fourth-order valence-corrected chi connectivity index (χ4v) is 2.15. The highest BCUT2D eigenvalue weighted by Gasteiger charge is 2.15. The second-order valence-corrected chi connectivity index (χ2v) is 4.69. The molecule has 0 radical (unpaired) electrons. The predicted molar refractivity (Wildman–Crippen MR) is 70.3 cm³/mol. The second kappa shape index (κ2) is 4.90. The van der Waals surface area contributed by atoms with Crippen molar-refractivity contribution in [2.45, 2.75) is 33.2 Å². The van der Waals surface area contributed by atoms with Crippen LogP contribution in [0, 0.1) is 19.7 Å². The highest BCUT2D eigenvalue weighted by molar-refractivity contribution is 5.38. The van der Waals surface area contributed by atoms with Gasteiger partial charge in [-0.3, -0.25) is 0 Å². The van der Waals surface area contributed by atoms with Gasteiger partial charge in [-0.1, -0.05) is 12.1 Å². The van der Waals surface area contributed by atoms with E-state index in [1.54, 1.807) is 22.9 Å². The van der Waals surface area contributed by atoms with Crippen molar-refractivity contribution in [1.29, 1.82) is 0 Å². The van der Waals surface area contributed by atoms with Gasteiger partial charge in [0, 0.05) is 11.7 Å². The molecule has 2 aromatic rings. The van der Waals surface area contributed by atoms with Crippen LogP contribution in [0.3, 0.4) is 0 Å². The Hall–Kier alpha value is -1.68. The van der Waals surface area contributed by atoms with Crippen LogP contribution in [0.1, 0.15) is 23.9 Å². The summed E-state index contributed by atoms with van der Waals surface area (Å²) < 4.78 is 15.4. The highest BCUT2D eigenvalue weighted by Crippen LogP contribution is 2.20. The molecule has 4 heteroatoms. The molecular weight excluding hydrogens is 229 g/mol. The molecule has 0 fully saturated rings. The van der Waals surface area contributed by atoms with Gasteiger partial charge in [0.25, 0.3) is 0 Å². The van der Waals surface area contributed by atoms with Gasteiger partial charge < -0.3 is 5.73 Å². The van der Waals surface area contributed by atoms with E-state index in [1.165, 1.54) is 6.07 Å². The number of rotatable bonds is 3. The summed E-state index contributed by atoms with van der Waals surface area (Å²) in [5, 5.41) is 4.42. The van der Waals surface area contributed by atoms with Crippen LogP contribution in [-0.4, -0.2) is 15.8 Å². The SMILES string of the molecule is Cc1nn(-c2ccccc2F)c(C)c1CC(C)N. The quantitative estimate of drug-likeness (QED) is 0.905. The molecule has 0 saturated carbocycles. The molecule has 0 spiro atoms. The van der Waals surface area contributed by atoms with Crippen molar-refractivity contribution in [2.75, 3.05) is 0 Å². The first-order valence-corrected chi connectivity index (χ1v) is 6.06. The maximum Gasteiger partial charge on any atom is 0.148 e. The van der Waals surface area contributed by atoms with E-state index >= 15 is 0 Å². The molecule has 0 amide bonds. The van der Waals surface area contributed by atoms with Gasteiger partial charge in [-0.05, 0) is 44.9 Å². The standard InChI is InChI=1S/C14H18FN3/c1-9(16)8-12-10(2)17-18(11(12)3)14-7-5-4-6-13(14)15/h4-7,9H,8,16H2,1-3H3. The molecule has 2 N–H and O–H groups in total. The minimum absolute atomic E-state index is 0.0701. The van der Waals surface area contributed by atoms with Crippen molar-refractivity contribution in [1.82, 2.24) is 9.78 Å². The minimum Gasteiger partial charge on any atom is -0.328 e. The number of aromatic nitrogens is 2. The third-order valence-electron chi connectivity index (χ3n) is 3.05. The van der Waals surface area contributed by atoms with Gasteiger partial charge in [0.05, 0.1) is 5.69 Å². The van der Waals surface area contributed by atoms with Gasteiger partial charge in [-0.2, -0.15) is 5.10 Å². The number of nitrogens with two attached hydrogens (primary N) is 1. The number of nitrogens with zero attached hydrogens (tertiary/aromatic N) is 2. The summed E-state index contributed by atoms with van der Waals surface area (Å²) in [5.74, 6) is -0.268. The average Bonchev–Trinajstić information content (AvgIpc) is 2.57. The lowest BCUT2D eigenvalue weighted by Crippen LogP contribution is -2.18. The Morgan fingerprint density at radius 3 is 2.61 bits per heavy atom. The number of para-hydroxylation sites is 1. The molecule has 1 unspecified atom stereocenters. The maximum absolute atomic E-state index is 13.8. The molecule has 0 aliphatic rings. The van der Waals surface area contributed by atoms with Crippen molar-refractivity contribution in [2.24, 2.45) is 5.73 Å². The molecular formula is C14H18FN3. The highest BCUT2D eigenvalue weighted by atomic mass is 19.1. The van der Waals surface area contributed by atoms with Crippen molar-refractivity contribution in [3.8, 4) is 5.69 Å². The van der Waals surface area contributed by atoms with E-state index in [-0.39, 0.29) is 11.9 Å². The van der Waals surface area contributed by atoms with Crippen LogP contribution in [0.25, 0.3) is 5.69 Å². The van der Waals surface area contributed by atoms with Crippen molar-refractivity contribution >= 4 is 0 Å². The summed E-state index contributed by atoms with van der Waals surface area (Å²) in [4.78, 5) is 0. The first-order chi connectivity index (χ1) is 8.50. The topological polar surface area (TPSA) is 43.8 Å². The van der Waals surface area contributed by atoms with Crippen LogP contribution in [0.15, 0.2) is 24.3 Å². The summed E-state index contributed by atoms with van der Waals surface area (Å²) in [6.45, 7) is 5.84. The van der Waals surface area contributed by atoms with Crippen LogP contribution in [0.4, 0.5) is 4.39 Å². The zero-order valence-electron chi connectivity index (χ0n) is 10.9. The second-order valence-electron chi connectivity index (χ2n) is 4.69. The van der Waals surface area contributed by atoms with E-state index in [0.29, 0.717) is 5.69 Å². The van der Waals surface area contributed by atoms with Crippen molar-refractivity contribution in [3.05, 3.63) is 47.0 Å². The fourth-order valence-electron chi connectivity index (χ4n) is 2.15. The Kier molecular flexibility index (Phi) is 3.48. The molecule has 0 bridgehead atoms. The van der Waals surface area contributed by atoms with Gasteiger partial charge in [-0.25, -0.2) is 9.07 Å². The third-order valence-corrected chi connectivity index (χ3v) is 3.05. The number of benzene rings is 1. The normalized spacial score (nSPS) is 12.7. The Morgan fingerprint density at radius 2 is 2.00 bits per heavy atom. The Morgan fingerprint density at radius 1 is 1.33 bits per heavy atom. The summed E-state index contributed by atoms with van der Waals surface area (Å²) in [5.41, 5.74) is 9.28. The Bertz CT molecular complexity index is 558. The van der Waals surface area contributed by atoms with Crippen LogP contribution < -0.4 is 5.73 Å². The number of hydrogen-bond donors (Lipinski definition) is 1. The van der Waals surface area contributed by atoms with Gasteiger partial charge >= 0.3 is 0 Å². The summed E-state index contributed by atoms with van der Waals surface area (Å²) in [6, 6.07) is 6.72. The Labute approximate surface area is 106 Å². The van der Waals surface area contributed by atoms with E-state index in [0.717, 1.165) is 23.4 Å². The molecule has 1 aromatic carbocycles. The molecule has 1 atom stereocenters. The van der Waals surface area contributed by atoms with Gasteiger partial charge in [-0.15, -0.1) is 0 Å². The van der Waals surface area contributed by atoms with Gasteiger partial charge in [0.1, 0.15) is 11.5 Å². The number of halogens is 1. The van der Waals surface area contributed by atoms with E-state index < -0.39 is 0 Å². The lowest BCUT2D eigenvalue weighted by Gasteiger charge is -2.07. The van der Waals surface area contributed by atoms with Crippen molar-refractivity contribution < 1.29 is 4.39 Å². The van der Waals surface area contributed by atoms with Crippen LogP contribution in [0.2, 0.25) is 0 Å². The lowest BCUT2D eigenvalue weighted by molar-refractivity contribution is 0.608. The molecule has 1 heterocycles. The fraction of sp³-hybridized carbons (Fsp3) is 0.357. The molecule has 96 valence electrons. The number of aryl methyl sites for hydroxylation is 1. The summed E-state index contributed by atoms with van der Waals surface area (Å²) in [7, 11) is 0. The number of hydrogen-bond acceptors (Lipinski definition) is 2. The lowest BCUT2D eigenvalue weighted by atomic mass is 10.1. The summed E-state index contributed by atoms with van der Waals surface area (Å²) >= 11 is 0. The first kappa shape index (κ1) is 12.8. The molecule has 1 aromatic heterocycles. The van der Waals surface area contributed by atoms with E-state index in [2.05, 4.69) is 5.10 Å². The van der Waals surface area contributed by atoms with Gasteiger partial charge in [0.15, 0.2) is 0 Å². The zero-order chi connectivity index (χ0) is 13.3. The molecule has 3 nitrogen and oxygen atoms in total. The van der Waals surface area contributed by atoms with E-state index in [4.69, 9.17) is 5.73 Å². The van der Waals surface area contributed by atoms with Crippen LogP contribution >= 0.6 is 0 Å². The van der Waals surface area contributed by atoms with Crippen LogP contribution in [-0.2, 0) is 6.42 Å². The third kappa shape index (κ3) is 2.29. The smallest absolute Gasteiger partial charge is 0.148 e. The largest absolute Gasteiger partial charge is 0.328 e. The van der Waals surface area contributed by atoms with Crippen LogP contribution in [0.5, 0.6) is 0 Å².